The van der Waals surface area contributed by atoms with Gasteiger partial charge in [-0.05, 0) is 63.0 Å². The second-order valence-electron chi connectivity index (χ2n) is 10.9. The van der Waals surface area contributed by atoms with E-state index >= 15 is 0 Å². The average Bonchev–Trinajstić information content (AvgIpc) is 3.04. The second kappa shape index (κ2) is 14.2. The SMILES string of the molecule is O=C(N1CCC(NS(=O)(=O)c2ccc3c(c2)OCCO3)CC1)C(F)(F)F.O=S(=O)(NC1CCNCC1)c1ccc2c(c1)OCCO2. The maximum atomic E-state index is 12.5. The standard InChI is InChI=1S/C15H17F3N2O5S.C13H18N2O4S/c16-15(17,18)14(21)20-5-3-10(4-6-20)19-26(22,23)11-1-2-12-13(9-11)25-8-7-24-12;16-20(17,15-10-3-5-14-6-4-10)11-1-2-12-13(9-11)19-8-7-18-12/h1-2,9-10,19H,3-8H2;1-2,9-10,14-15H,3-8H2. The Morgan fingerprint density at radius 3 is 1.54 bits per heavy atom. The molecule has 13 nitrogen and oxygen atoms in total. The van der Waals surface area contributed by atoms with E-state index in [0.717, 1.165) is 25.9 Å². The number of hydrogen-bond acceptors (Lipinski definition) is 10. The Morgan fingerprint density at radius 2 is 1.11 bits per heavy atom. The van der Waals surface area contributed by atoms with Crippen molar-refractivity contribution >= 4 is 26.0 Å². The third kappa shape index (κ3) is 8.52. The molecule has 0 aliphatic carbocycles. The van der Waals surface area contributed by atoms with Crippen molar-refractivity contribution in [3.05, 3.63) is 36.4 Å². The second-order valence-corrected chi connectivity index (χ2v) is 14.4. The first-order valence-electron chi connectivity index (χ1n) is 14.7. The van der Waals surface area contributed by atoms with Gasteiger partial charge in [-0.2, -0.15) is 13.2 Å². The van der Waals surface area contributed by atoms with Crippen molar-refractivity contribution in [2.75, 3.05) is 52.6 Å². The van der Waals surface area contributed by atoms with E-state index in [0.29, 0.717) is 54.3 Å². The van der Waals surface area contributed by atoms with Crippen LogP contribution in [-0.4, -0.2) is 98.5 Å². The van der Waals surface area contributed by atoms with Crippen LogP contribution in [0.15, 0.2) is 46.2 Å². The van der Waals surface area contributed by atoms with Crippen molar-refractivity contribution in [3.63, 3.8) is 0 Å². The number of fused-ring (bicyclic) bond motifs is 2. The summed E-state index contributed by atoms with van der Waals surface area (Å²) in [7, 11) is -7.38. The summed E-state index contributed by atoms with van der Waals surface area (Å²) in [5, 5.41) is 3.21. The van der Waals surface area contributed by atoms with Crippen LogP contribution in [-0.2, 0) is 24.8 Å². The van der Waals surface area contributed by atoms with Crippen LogP contribution in [0.1, 0.15) is 25.7 Å². The average molecular weight is 693 g/mol. The maximum Gasteiger partial charge on any atom is 0.471 e. The van der Waals surface area contributed by atoms with Gasteiger partial charge in [0.1, 0.15) is 26.4 Å². The lowest BCUT2D eigenvalue weighted by atomic mass is 10.1. The topological polar surface area (TPSA) is 162 Å². The molecule has 4 heterocycles. The number of piperidine rings is 2. The summed E-state index contributed by atoms with van der Waals surface area (Å²) < 4.78 is 114. The minimum absolute atomic E-state index is 0.00514. The third-order valence-electron chi connectivity index (χ3n) is 7.66. The number of carbonyl (C=O) groups excluding carboxylic acids is 1. The zero-order valence-electron chi connectivity index (χ0n) is 24.7. The first-order valence-corrected chi connectivity index (χ1v) is 17.7. The minimum Gasteiger partial charge on any atom is -0.486 e. The quantitative estimate of drug-likeness (QED) is 0.407. The molecule has 2 saturated heterocycles. The summed E-state index contributed by atoms with van der Waals surface area (Å²) in [6, 6.07) is 8.38. The molecular formula is C28H35F3N4O9S2. The fourth-order valence-electron chi connectivity index (χ4n) is 5.28. The molecule has 2 aromatic rings. The van der Waals surface area contributed by atoms with Gasteiger partial charge < -0.3 is 29.2 Å². The zero-order chi connectivity index (χ0) is 33.0. The van der Waals surface area contributed by atoms with Gasteiger partial charge in [-0.25, -0.2) is 26.3 Å². The van der Waals surface area contributed by atoms with Crippen LogP contribution in [0.2, 0.25) is 0 Å². The number of carbonyl (C=O) groups is 1. The highest BCUT2D eigenvalue weighted by Crippen LogP contribution is 2.33. The van der Waals surface area contributed by atoms with E-state index in [9.17, 15) is 34.8 Å². The number of sulfonamides is 2. The lowest BCUT2D eigenvalue weighted by Gasteiger charge is -2.32. The third-order valence-corrected chi connectivity index (χ3v) is 10.7. The van der Waals surface area contributed by atoms with E-state index in [1.807, 2.05) is 0 Å². The molecule has 254 valence electrons. The van der Waals surface area contributed by atoms with Gasteiger partial charge in [0.25, 0.3) is 0 Å². The van der Waals surface area contributed by atoms with Gasteiger partial charge in [0.05, 0.1) is 9.79 Å². The van der Waals surface area contributed by atoms with Crippen molar-refractivity contribution in [1.29, 1.82) is 0 Å². The van der Waals surface area contributed by atoms with Crippen molar-refractivity contribution in [2.45, 2.75) is 53.7 Å². The first-order chi connectivity index (χ1) is 21.8. The summed E-state index contributed by atoms with van der Waals surface area (Å²) in [5.74, 6) is -0.0361. The molecule has 3 N–H and O–H groups in total. The lowest BCUT2D eigenvalue weighted by molar-refractivity contribution is -0.186. The van der Waals surface area contributed by atoms with E-state index in [2.05, 4.69) is 14.8 Å². The van der Waals surface area contributed by atoms with Crippen molar-refractivity contribution in [3.8, 4) is 23.0 Å². The zero-order valence-corrected chi connectivity index (χ0v) is 26.3. The van der Waals surface area contributed by atoms with Gasteiger partial charge in [0, 0.05) is 37.3 Å². The van der Waals surface area contributed by atoms with Gasteiger partial charge in [-0.1, -0.05) is 0 Å². The summed E-state index contributed by atoms with van der Waals surface area (Å²) in [6.45, 7) is 2.99. The highest BCUT2D eigenvalue weighted by molar-refractivity contribution is 7.89. The summed E-state index contributed by atoms with van der Waals surface area (Å²) in [4.78, 5) is 12.1. The first kappa shape index (κ1) is 34.0. The molecule has 1 amide bonds. The smallest absolute Gasteiger partial charge is 0.471 e. The Kier molecular flexibility index (Phi) is 10.5. The number of halogens is 3. The molecule has 0 bridgehead atoms. The van der Waals surface area contributed by atoms with Gasteiger partial charge in [0.2, 0.25) is 20.0 Å². The number of hydrogen-bond donors (Lipinski definition) is 3. The largest absolute Gasteiger partial charge is 0.486 e. The van der Waals surface area contributed by atoms with Gasteiger partial charge in [-0.15, -0.1) is 0 Å². The van der Waals surface area contributed by atoms with Crippen LogP contribution in [0, 0.1) is 0 Å². The molecule has 4 aliphatic rings. The molecule has 6 rings (SSSR count). The Morgan fingerprint density at radius 1 is 0.696 bits per heavy atom. The maximum absolute atomic E-state index is 12.5. The van der Waals surface area contributed by atoms with Crippen LogP contribution in [0.5, 0.6) is 23.0 Å². The Balaban J connectivity index is 0.000000187. The van der Waals surface area contributed by atoms with Gasteiger partial charge in [0.15, 0.2) is 23.0 Å². The molecule has 0 atom stereocenters. The van der Waals surface area contributed by atoms with Crippen LogP contribution in [0.3, 0.4) is 0 Å². The van der Waals surface area contributed by atoms with E-state index < -0.39 is 38.2 Å². The van der Waals surface area contributed by atoms with Crippen LogP contribution >= 0.6 is 0 Å². The number of benzene rings is 2. The number of ether oxygens (including phenoxy) is 4. The minimum atomic E-state index is -4.92. The van der Waals surface area contributed by atoms with Crippen molar-refractivity contribution in [2.24, 2.45) is 0 Å². The number of likely N-dealkylation sites (tertiary alicyclic amines) is 1. The molecule has 46 heavy (non-hydrogen) atoms. The monoisotopic (exact) mass is 692 g/mol. The number of nitrogens with zero attached hydrogens (tertiary/aromatic N) is 1. The predicted octanol–water partition coefficient (Wildman–Crippen LogP) is 1.78. The Bertz CT molecular complexity index is 1610. The molecule has 0 aromatic heterocycles. The predicted molar refractivity (Wildman–Crippen MR) is 157 cm³/mol. The Labute approximate surface area is 264 Å². The van der Waals surface area contributed by atoms with Crippen molar-refractivity contribution < 1.29 is 53.7 Å². The highest BCUT2D eigenvalue weighted by atomic mass is 32.2. The number of amides is 1. The molecule has 0 spiro atoms. The van der Waals surface area contributed by atoms with Gasteiger partial charge >= 0.3 is 12.1 Å². The van der Waals surface area contributed by atoms with E-state index in [-0.39, 0.29) is 41.8 Å². The van der Waals surface area contributed by atoms with Crippen LogP contribution in [0.25, 0.3) is 0 Å². The fourth-order valence-corrected chi connectivity index (χ4v) is 7.92. The fraction of sp³-hybridized carbons (Fsp3) is 0.536. The van der Waals surface area contributed by atoms with E-state index in [1.54, 1.807) is 12.1 Å². The molecule has 2 aromatic carbocycles. The highest BCUT2D eigenvalue weighted by Gasteiger charge is 2.43. The molecule has 18 heteroatoms. The van der Waals surface area contributed by atoms with Crippen molar-refractivity contribution in [1.82, 2.24) is 19.7 Å². The summed E-state index contributed by atoms with van der Waals surface area (Å²) in [5.41, 5.74) is 0. The lowest BCUT2D eigenvalue weighted by Crippen LogP contribution is -2.49. The molecular weight excluding hydrogens is 657 g/mol. The Hall–Kier alpha value is -3.32. The van der Waals surface area contributed by atoms with Crippen LogP contribution in [0.4, 0.5) is 13.2 Å². The normalized spacial score (nSPS) is 19.2. The number of nitrogens with one attached hydrogen (secondary N) is 3. The number of rotatable bonds is 6. The number of alkyl halides is 3. The molecule has 4 aliphatic heterocycles. The summed E-state index contributed by atoms with van der Waals surface area (Å²) in [6.07, 6.45) is -3.09. The molecule has 0 radical (unpaired) electrons. The van der Waals surface area contributed by atoms with E-state index in [4.69, 9.17) is 18.9 Å². The summed E-state index contributed by atoms with van der Waals surface area (Å²) >= 11 is 0. The van der Waals surface area contributed by atoms with Gasteiger partial charge in [-0.3, -0.25) is 4.79 Å². The molecule has 0 unspecified atom stereocenters. The molecule has 2 fully saturated rings. The van der Waals surface area contributed by atoms with E-state index in [1.165, 1.54) is 24.3 Å². The molecule has 0 saturated carbocycles. The van der Waals surface area contributed by atoms with Crippen LogP contribution < -0.4 is 33.7 Å².